The molecule has 2 aromatic carbocycles. The predicted molar refractivity (Wildman–Crippen MR) is 136 cm³/mol. The molecule has 1 saturated heterocycles. The number of likely N-dealkylation sites (tertiary alicyclic amines) is 1. The number of piperidine rings is 1. The molecule has 0 spiro atoms. The first-order chi connectivity index (χ1) is 16.6. The third kappa shape index (κ3) is 4.90. The quantitative estimate of drug-likeness (QED) is 0.338. The van der Waals surface area contributed by atoms with Crippen LogP contribution in [-0.2, 0) is 13.1 Å². The maximum Gasteiger partial charge on any atom is 0.159 e. The first-order valence-electron chi connectivity index (χ1n) is 12.0. The zero-order valence-electron chi connectivity index (χ0n) is 19.9. The normalized spacial score (nSPS) is 15.0. The number of hydrogen-bond donors (Lipinski definition) is 0. The van der Waals surface area contributed by atoms with Crippen molar-refractivity contribution in [3.63, 3.8) is 0 Å². The lowest BCUT2D eigenvalue weighted by molar-refractivity contribution is 0.101. The number of pyridine rings is 1. The van der Waals surface area contributed by atoms with Gasteiger partial charge in [0, 0.05) is 36.4 Å². The smallest absolute Gasteiger partial charge is 0.159 e. The Hall–Kier alpha value is -3.44. The van der Waals surface area contributed by atoms with Crippen LogP contribution < -0.4 is 4.74 Å². The average molecular weight is 454 g/mol. The number of ether oxygens (including phenoxy) is 1. The Kier molecular flexibility index (Phi) is 6.45. The van der Waals surface area contributed by atoms with E-state index in [0.717, 1.165) is 61.5 Å². The number of carbonyl (C=O) groups excluding carboxylic acids is 1. The number of aromatic nitrogens is 2. The van der Waals surface area contributed by atoms with Crippen LogP contribution in [0.3, 0.4) is 0 Å². The molecule has 0 bridgehead atoms. The number of rotatable bonds is 7. The van der Waals surface area contributed by atoms with Crippen LogP contribution in [0.15, 0.2) is 73.1 Å². The number of methoxy groups -OCH3 is 1. The Balaban J connectivity index is 1.21. The zero-order valence-corrected chi connectivity index (χ0v) is 19.9. The number of hydrogen-bond acceptors (Lipinski definition) is 4. The highest BCUT2D eigenvalue weighted by Crippen LogP contribution is 2.30. The molecule has 0 saturated carbocycles. The van der Waals surface area contributed by atoms with Gasteiger partial charge in [0.1, 0.15) is 11.4 Å². The molecule has 5 heteroatoms. The summed E-state index contributed by atoms with van der Waals surface area (Å²) in [5.74, 6) is 1.57. The molecule has 1 fully saturated rings. The van der Waals surface area contributed by atoms with E-state index in [2.05, 4.69) is 46.1 Å². The molecular formula is C29H31N3O2. The Morgan fingerprint density at radius 3 is 2.32 bits per heavy atom. The zero-order chi connectivity index (χ0) is 23.5. The third-order valence-electron chi connectivity index (χ3n) is 6.96. The van der Waals surface area contributed by atoms with Crippen molar-refractivity contribution < 1.29 is 9.53 Å². The van der Waals surface area contributed by atoms with E-state index in [1.54, 1.807) is 14.0 Å². The molecule has 2 aromatic heterocycles. The van der Waals surface area contributed by atoms with Gasteiger partial charge in [0.15, 0.2) is 5.78 Å². The van der Waals surface area contributed by atoms with Gasteiger partial charge in [0.25, 0.3) is 0 Å². The molecule has 34 heavy (non-hydrogen) atoms. The molecule has 174 valence electrons. The van der Waals surface area contributed by atoms with E-state index in [1.165, 1.54) is 16.5 Å². The number of carbonyl (C=O) groups is 1. The summed E-state index contributed by atoms with van der Waals surface area (Å²) in [5.41, 5.74) is 5.60. The Labute approximate surface area is 201 Å². The van der Waals surface area contributed by atoms with Gasteiger partial charge in [0.2, 0.25) is 0 Å². The van der Waals surface area contributed by atoms with Crippen molar-refractivity contribution in [2.45, 2.75) is 38.8 Å². The molecule has 5 rings (SSSR count). The van der Waals surface area contributed by atoms with Crippen molar-refractivity contribution in [2.75, 3.05) is 20.2 Å². The molecule has 1 aliphatic heterocycles. The molecule has 1 aliphatic rings. The molecule has 5 nitrogen and oxygen atoms in total. The van der Waals surface area contributed by atoms with E-state index in [9.17, 15) is 4.79 Å². The fourth-order valence-corrected chi connectivity index (χ4v) is 4.90. The number of Topliss-reactive ketones (excluding diaryl/α,β-unsaturated/α-hetero) is 1. The summed E-state index contributed by atoms with van der Waals surface area (Å²) in [6.07, 6.45) is 6.50. The molecule has 0 unspecified atom stereocenters. The van der Waals surface area contributed by atoms with Gasteiger partial charge in [-0.2, -0.15) is 0 Å². The van der Waals surface area contributed by atoms with Crippen molar-refractivity contribution in [3.05, 3.63) is 95.3 Å². The monoisotopic (exact) mass is 453 g/mol. The second-order valence-electron chi connectivity index (χ2n) is 9.28. The van der Waals surface area contributed by atoms with E-state index >= 15 is 0 Å². The van der Waals surface area contributed by atoms with E-state index in [1.807, 2.05) is 36.4 Å². The van der Waals surface area contributed by atoms with Crippen LogP contribution in [0.25, 0.3) is 11.0 Å². The van der Waals surface area contributed by atoms with Crippen LogP contribution in [0.5, 0.6) is 5.75 Å². The van der Waals surface area contributed by atoms with Crippen molar-refractivity contribution in [1.82, 2.24) is 14.5 Å². The molecular weight excluding hydrogens is 422 g/mol. The predicted octanol–water partition coefficient (Wildman–Crippen LogP) is 5.68. The Morgan fingerprint density at radius 1 is 0.971 bits per heavy atom. The second-order valence-corrected chi connectivity index (χ2v) is 9.28. The minimum atomic E-state index is 0.0960. The van der Waals surface area contributed by atoms with E-state index < -0.39 is 0 Å². The minimum Gasteiger partial charge on any atom is -0.497 e. The van der Waals surface area contributed by atoms with Crippen molar-refractivity contribution in [2.24, 2.45) is 0 Å². The number of nitrogens with zero attached hydrogens (tertiary/aromatic N) is 3. The van der Waals surface area contributed by atoms with Gasteiger partial charge in [-0.1, -0.05) is 36.4 Å². The van der Waals surface area contributed by atoms with Crippen LogP contribution >= 0.6 is 0 Å². The van der Waals surface area contributed by atoms with Gasteiger partial charge in [-0.15, -0.1) is 0 Å². The summed E-state index contributed by atoms with van der Waals surface area (Å²) >= 11 is 0. The summed E-state index contributed by atoms with van der Waals surface area (Å²) < 4.78 is 7.44. The summed E-state index contributed by atoms with van der Waals surface area (Å²) in [6.45, 7) is 5.54. The van der Waals surface area contributed by atoms with Crippen LogP contribution in [0.1, 0.15) is 52.7 Å². The van der Waals surface area contributed by atoms with Crippen molar-refractivity contribution in [3.8, 4) is 5.75 Å². The van der Waals surface area contributed by atoms with Crippen molar-refractivity contribution >= 4 is 16.8 Å². The molecule has 0 radical (unpaired) electrons. The summed E-state index contributed by atoms with van der Waals surface area (Å²) in [6, 6.07) is 20.7. The fourth-order valence-electron chi connectivity index (χ4n) is 4.90. The number of benzene rings is 2. The average Bonchev–Trinajstić information content (AvgIpc) is 3.27. The molecule has 0 N–H and O–H groups in total. The van der Waals surface area contributed by atoms with Crippen LogP contribution in [0.2, 0.25) is 0 Å². The maximum absolute atomic E-state index is 11.5. The molecule has 0 atom stereocenters. The van der Waals surface area contributed by atoms with Gasteiger partial charge in [-0.3, -0.25) is 9.69 Å². The molecule has 4 aromatic rings. The van der Waals surface area contributed by atoms with Crippen LogP contribution in [0.4, 0.5) is 0 Å². The minimum absolute atomic E-state index is 0.0960. The SMILES string of the molecule is COc1ccc(CN2CCC(c3cnc4c(ccn4Cc4ccc(C(C)=O)cc4)c3)CC2)cc1. The highest BCUT2D eigenvalue weighted by atomic mass is 16.5. The van der Waals surface area contributed by atoms with Gasteiger partial charge in [0.05, 0.1) is 7.11 Å². The van der Waals surface area contributed by atoms with E-state index in [4.69, 9.17) is 9.72 Å². The number of ketones is 1. The lowest BCUT2D eigenvalue weighted by Crippen LogP contribution is -2.32. The number of fused-ring (bicyclic) bond motifs is 1. The highest BCUT2D eigenvalue weighted by molar-refractivity contribution is 5.94. The largest absolute Gasteiger partial charge is 0.497 e. The topological polar surface area (TPSA) is 47.4 Å². The maximum atomic E-state index is 11.5. The lowest BCUT2D eigenvalue weighted by Gasteiger charge is -2.32. The lowest BCUT2D eigenvalue weighted by atomic mass is 9.90. The first-order valence-corrected chi connectivity index (χ1v) is 12.0. The van der Waals surface area contributed by atoms with Crippen molar-refractivity contribution in [1.29, 1.82) is 0 Å². The first kappa shape index (κ1) is 22.4. The Bertz CT molecular complexity index is 1270. The molecule has 0 amide bonds. The van der Waals surface area contributed by atoms with Gasteiger partial charge in [-0.25, -0.2) is 4.98 Å². The molecule has 0 aliphatic carbocycles. The summed E-state index contributed by atoms with van der Waals surface area (Å²) in [7, 11) is 1.70. The van der Waals surface area contributed by atoms with Gasteiger partial charge in [-0.05, 0) is 79.7 Å². The Morgan fingerprint density at radius 2 is 1.65 bits per heavy atom. The van der Waals surface area contributed by atoms with E-state index in [0.29, 0.717) is 5.92 Å². The van der Waals surface area contributed by atoms with Gasteiger partial charge >= 0.3 is 0 Å². The van der Waals surface area contributed by atoms with Crippen LogP contribution in [-0.4, -0.2) is 40.4 Å². The molecule has 3 heterocycles. The van der Waals surface area contributed by atoms with E-state index in [-0.39, 0.29) is 5.78 Å². The highest BCUT2D eigenvalue weighted by Gasteiger charge is 2.21. The van der Waals surface area contributed by atoms with Gasteiger partial charge < -0.3 is 9.30 Å². The van der Waals surface area contributed by atoms with Crippen LogP contribution in [0, 0.1) is 0 Å². The summed E-state index contributed by atoms with van der Waals surface area (Å²) in [5, 5.41) is 1.19. The fraction of sp³-hybridized carbons (Fsp3) is 0.310. The third-order valence-corrected chi connectivity index (χ3v) is 6.96. The second kappa shape index (κ2) is 9.82. The summed E-state index contributed by atoms with van der Waals surface area (Å²) in [4.78, 5) is 18.9. The standard InChI is InChI=1S/C29H31N3O2/c1-21(33)24-7-3-23(4-8-24)20-32-16-13-26-17-27(18-30-29(26)32)25-11-14-31(15-12-25)19-22-5-9-28(34-2)10-6-22/h3-10,13,16-18,25H,11-12,14-15,19-20H2,1-2H3.